The van der Waals surface area contributed by atoms with E-state index in [1.165, 1.54) is 0 Å². The zero-order chi connectivity index (χ0) is 20.9. The predicted molar refractivity (Wildman–Crippen MR) is 118 cm³/mol. The monoisotopic (exact) mass is 395 g/mol. The Morgan fingerprint density at radius 1 is 0.966 bits per heavy atom. The van der Waals surface area contributed by atoms with Gasteiger partial charge in [0.2, 0.25) is 5.91 Å². The third kappa shape index (κ3) is 5.51. The molecule has 0 aliphatic carbocycles. The largest absolute Gasteiger partial charge is 0.495 e. The number of carbonyl (C=O) groups excluding carboxylic acids is 1. The van der Waals surface area contributed by atoms with Crippen molar-refractivity contribution in [3.63, 3.8) is 0 Å². The number of anilines is 1. The van der Waals surface area contributed by atoms with E-state index in [9.17, 15) is 4.79 Å². The van der Waals surface area contributed by atoms with Crippen LogP contribution in [-0.4, -0.2) is 61.1 Å². The molecule has 0 spiro atoms. The van der Waals surface area contributed by atoms with Crippen LogP contribution < -0.4 is 9.64 Å². The Kier molecular flexibility index (Phi) is 6.80. The number of methoxy groups -OCH3 is 1. The van der Waals surface area contributed by atoms with Crippen LogP contribution >= 0.6 is 0 Å². The van der Waals surface area contributed by atoms with Gasteiger partial charge in [0, 0.05) is 38.3 Å². The lowest BCUT2D eigenvalue weighted by Crippen LogP contribution is -2.53. The fourth-order valence-electron chi connectivity index (χ4n) is 3.78. The maximum atomic E-state index is 13.2. The van der Waals surface area contributed by atoms with Crippen molar-refractivity contribution in [2.75, 3.05) is 44.7 Å². The maximum Gasteiger partial charge on any atom is 0.237 e. The van der Waals surface area contributed by atoms with E-state index in [-0.39, 0.29) is 11.4 Å². The first-order chi connectivity index (χ1) is 13.9. The molecule has 5 nitrogen and oxygen atoms in total. The number of rotatable bonds is 6. The summed E-state index contributed by atoms with van der Waals surface area (Å²) in [4.78, 5) is 19.8. The van der Waals surface area contributed by atoms with Crippen molar-refractivity contribution in [2.24, 2.45) is 0 Å². The van der Waals surface area contributed by atoms with Gasteiger partial charge in [0.05, 0.1) is 19.3 Å². The van der Waals surface area contributed by atoms with Gasteiger partial charge in [-0.1, -0.05) is 42.5 Å². The van der Waals surface area contributed by atoms with E-state index in [2.05, 4.69) is 48.8 Å². The molecule has 156 valence electrons. The van der Waals surface area contributed by atoms with E-state index < -0.39 is 0 Å². The summed E-state index contributed by atoms with van der Waals surface area (Å²) in [6.07, 6.45) is 0. The summed E-state index contributed by atoms with van der Waals surface area (Å²) in [6, 6.07) is 18.3. The normalized spacial score (nSPS) is 15.2. The molecule has 1 aliphatic heterocycles. The Morgan fingerprint density at radius 2 is 1.59 bits per heavy atom. The molecule has 2 aromatic rings. The van der Waals surface area contributed by atoms with Crippen molar-refractivity contribution in [1.82, 2.24) is 9.80 Å². The summed E-state index contributed by atoms with van der Waals surface area (Å²) in [5.41, 5.74) is 2.07. The molecule has 1 amide bonds. The molecule has 0 unspecified atom stereocenters. The maximum absolute atomic E-state index is 13.2. The smallest absolute Gasteiger partial charge is 0.237 e. The fraction of sp³-hybridized carbons (Fsp3) is 0.458. The first-order valence-electron chi connectivity index (χ1n) is 10.3. The Morgan fingerprint density at radius 3 is 2.21 bits per heavy atom. The van der Waals surface area contributed by atoms with Crippen LogP contribution in [0.3, 0.4) is 0 Å². The van der Waals surface area contributed by atoms with E-state index in [1.807, 2.05) is 41.3 Å². The number of carbonyl (C=O) groups is 1. The second-order valence-corrected chi connectivity index (χ2v) is 8.57. The van der Waals surface area contributed by atoms with E-state index in [1.54, 1.807) is 7.11 Å². The van der Waals surface area contributed by atoms with E-state index in [0.29, 0.717) is 13.1 Å². The summed E-state index contributed by atoms with van der Waals surface area (Å²) in [5.74, 6) is 1.09. The first kappa shape index (κ1) is 21.2. The minimum atomic E-state index is -0.216. The van der Waals surface area contributed by atoms with Gasteiger partial charge >= 0.3 is 0 Å². The minimum Gasteiger partial charge on any atom is -0.495 e. The van der Waals surface area contributed by atoms with E-state index >= 15 is 0 Å². The molecule has 1 heterocycles. The van der Waals surface area contributed by atoms with Crippen LogP contribution in [0.4, 0.5) is 5.69 Å². The van der Waals surface area contributed by atoms with Gasteiger partial charge < -0.3 is 14.5 Å². The molecule has 3 rings (SSSR count). The molecule has 0 aromatic heterocycles. The van der Waals surface area contributed by atoms with Gasteiger partial charge in [-0.15, -0.1) is 0 Å². The molecule has 29 heavy (non-hydrogen) atoms. The molecule has 0 N–H and O–H groups in total. The lowest BCUT2D eigenvalue weighted by atomic mass is 10.0. The van der Waals surface area contributed by atoms with Crippen LogP contribution in [0.25, 0.3) is 0 Å². The number of nitrogens with zero attached hydrogens (tertiary/aromatic N) is 3. The highest BCUT2D eigenvalue weighted by molar-refractivity contribution is 5.79. The zero-order valence-corrected chi connectivity index (χ0v) is 18.1. The van der Waals surface area contributed by atoms with Crippen LogP contribution in [0, 0.1) is 0 Å². The third-order valence-electron chi connectivity index (χ3n) is 5.45. The molecule has 2 aromatic carbocycles. The lowest BCUT2D eigenvalue weighted by molar-refractivity contribution is -0.138. The molecule has 0 radical (unpaired) electrons. The van der Waals surface area contributed by atoms with Gasteiger partial charge in [-0.3, -0.25) is 9.69 Å². The Bertz CT molecular complexity index is 793. The SMILES string of the molecule is COc1ccccc1N1CCN(CC(=O)N(Cc2ccccc2)C(C)(C)C)CC1. The quantitative estimate of drug-likeness (QED) is 0.748. The van der Waals surface area contributed by atoms with Crippen molar-refractivity contribution in [3.8, 4) is 5.75 Å². The zero-order valence-electron chi connectivity index (χ0n) is 18.1. The average Bonchev–Trinajstić information content (AvgIpc) is 2.72. The van der Waals surface area contributed by atoms with Gasteiger partial charge in [-0.2, -0.15) is 0 Å². The Hall–Kier alpha value is -2.53. The number of amides is 1. The van der Waals surface area contributed by atoms with Crippen LogP contribution in [0.5, 0.6) is 5.75 Å². The van der Waals surface area contributed by atoms with Crippen molar-refractivity contribution in [3.05, 3.63) is 60.2 Å². The van der Waals surface area contributed by atoms with Gasteiger partial charge in [0.15, 0.2) is 0 Å². The number of ether oxygens (including phenoxy) is 1. The molecular weight excluding hydrogens is 362 g/mol. The number of piperazine rings is 1. The average molecular weight is 396 g/mol. The highest BCUT2D eigenvalue weighted by Gasteiger charge is 2.29. The summed E-state index contributed by atoms with van der Waals surface area (Å²) < 4.78 is 5.50. The second kappa shape index (κ2) is 9.31. The lowest BCUT2D eigenvalue weighted by Gasteiger charge is -2.40. The summed E-state index contributed by atoms with van der Waals surface area (Å²) in [6.45, 7) is 10.9. The summed E-state index contributed by atoms with van der Waals surface area (Å²) in [7, 11) is 1.71. The number of benzene rings is 2. The van der Waals surface area contributed by atoms with Gasteiger partial charge in [-0.25, -0.2) is 0 Å². The number of hydrogen-bond donors (Lipinski definition) is 0. The molecular formula is C24H33N3O2. The van der Waals surface area contributed by atoms with Crippen molar-refractivity contribution >= 4 is 11.6 Å². The van der Waals surface area contributed by atoms with E-state index in [0.717, 1.165) is 43.2 Å². The van der Waals surface area contributed by atoms with Crippen LogP contribution in [0.15, 0.2) is 54.6 Å². The van der Waals surface area contributed by atoms with Crippen LogP contribution in [-0.2, 0) is 11.3 Å². The first-order valence-corrected chi connectivity index (χ1v) is 10.3. The standard InChI is InChI=1S/C24H33N3O2/c1-24(2,3)27(18-20-10-6-5-7-11-20)23(28)19-25-14-16-26(17-15-25)21-12-8-9-13-22(21)29-4/h5-13H,14-19H2,1-4H3. The Labute approximate surface area is 174 Å². The van der Waals surface area contributed by atoms with Crippen molar-refractivity contribution < 1.29 is 9.53 Å². The van der Waals surface area contributed by atoms with E-state index in [4.69, 9.17) is 4.74 Å². The molecule has 0 saturated carbocycles. The minimum absolute atomic E-state index is 0.187. The molecule has 1 aliphatic rings. The predicted octanol–water partition coefficient (Wildman–Crippen LogP) is 3.64. The van der Waals surface area contributed by atoms with Crippen LogP contribution in [0.2, 0.25) is 0 Å². The van der Waals surface area contributed by atoms with Gasteiger partial charge in [-0.05, 0) is 38.5 Å². The highest BCUT2D eigenvalue weighted by atomic mass is 16.5. The molecule has 1 fully saturated rings. The van der Waals surface area contributed by atoms with Gasteiger partial charge in [0.1, 0.15) is 5.75 Å². The summed E-state index contributed by atoms with van der Waals surface area (Å²) in [5, 5.41) is 0. The summed E-state index contributed by atoms with van der Waals surface area (Å²) >= 11 is 0. The molecule has 0 atom stereocenters. The molecule has 0 bridgehead atoms. The molecule has 1 saturated heterocycles. The van der Waals surface area contributed by atoms with Crippen molar-refractivity contribution in [1.29, 1.82) is 0 Å². The topological polar surface area (TPSA) is 36.0 Å². The molecule has 5 heteroatoms. The van der Waals surface area contributed by atoms with Crippen LogP contribution in [0.1, 0.15) is 26.3 Å². The Balaban J connectivity index is 1.60. The van der Waals surface area contributed by atoms with Gasteiger partial charge in [0.25, 0.3) is 0 Å². The number of para-hydroxylation sites is 2. The third-order valence-corrected chi connectivity index (χ3v) is 5.45. The fourth-order valence-corrected chi connectivity index (χ4v) is 3.78. The second-order valence-electron chi connectivity index (χ2n) is 8.57. The highest BCUT2D eigenvalue weighted by Crippen LogP contribution is 2.28. The van der Waals surface area contributed by atoms with Crippen molar-refractivity contribution in [2.45, 2.75) is 32.9 Å². The number of hydrogen-bond acceptors (Lipinski definition) is 4.